The van der Waals surface area contributed by atoms with Gasteiger partial charge in [0.2, 0.25) is 0 Å². The van der Waals surface area contributed by atoms with E-state index >= 15 is 0 Å². The first-order valence-corrected chi connectivity index (χ1v) is 4.38. The van der Waals surface area contributed by atoms with Gasteiger partial charge in [-0.1, -0.05) is 6.07 Å². The van der Waals surface area contributed by atoms with Crippen molar-refractivity contribution in [1.29, 1.82) is 0 Å². The Kier molecular flexibility index (Phi) is 3.24. The summed E-state index contributed by atoms with van der Waals surface area (Å²) < 4.78 is 37.5. The van der Waals surface area contributed by atoms with Crippen LogP contribution in [0.3, 0.4) is 0 Å². The number of hydrogen-bond donors (Lipinski definition) is 2. The van der Waals surface area contributed by atoms with E-state index in [4.69, 9.17) is 5.11 Å². The number of alkyl halides is 3. The highest BCUT2D eigenvalue weighted by Gasteiger charge is 2.34. The molecule has 0 aliphatic rings. The molecule has 0 aliphatic heterocycles. The van der Waals surface area contributed by atoms with Gasteiger partial charge in [0, 0.05) is 12.0 Å². The number of hydrogen-bond acceptors (Lipinski definition) is 2. The molecule has 5 heteroatoms. The molecule has 0 heterocycles. The number of halogens is 3. The van der Waals surface area contributed by atoms with E-state index in [0.717, 1.165) is 12.1 Å². The smallest absolute Gasteiger partial charge is 0.416 e. The molecule has 0 bridgehead atoms. The number of aromatic hydroxyl groups is 1. The Balaban J connectivity index is 3.21. The highest BCUT2D eigenvalue weighted by atomic mass is 19.4. The van der Waals surface area contributed by atoms with Crippen LogP contribution in [-0.2, 0) is 12.6 Å². The van der Waals surface area contributed by atoms with Gasteiger partial charge in [0.1, 0.15) is 5.75 Å². The summed E-state index contributed by atoms with van der Waals surface area (Å²) in [6.45, 7) is 1.37. The van der Waals surface area contributed by atoms with Crippen LogP contribution in [-0.4, -0.2) is 16.3 Å². The fourth-order valence-electron chi connectivity index (χ4n) is 1.35. The quantitative estimate of drug-likeness (QED) is 0.803. The summed E-state index contributed by atoms with van der Waals surface area (Å²) in [6.07, 6.45) is -5.66. The van der Waals surface area contributed by atoms with Crippen LogP contribution in [0.25, 0.3) is 0 Å². The van der Waals surface area contributed by atoms with Gasteiger partial charge in [-0.05, 0) is 19.1 Å². The summed E-state index contributed by atoms with van der Waals surface area (Å²) in [4.78, 5) is 0. The second-order valence-electron chi connectivity index (χ2n) is 3.35. The van der Waals surface area contributed by atoms with E-state index in [2.05, 4.69) is 0 Å². The Morgan fingerprint density at radius 3 is 2.40 bits per heavy atom. The maximum Gasteiger partial charge on any atom is 0.416 e. The average molecular weight is 220 g/mol. The minimum absolute atomic E-state index is 0.221. The van der Waals surface area contributed by atoms with Crippen LogP contribution < -0.4 is 0 Å². The molecule has 0 saturated heterocycles. The molecule has 2 nitrogen and oxygen atoms in total. The van der Waals surface area contributed by atoms with E-state index in [1.54, 1.807) is 0 Å². The zero-order valence-corrected chi connectivity index (χ0v) is 8.04. The summed E-state index contributed by atoms with van der Waals surface area (Å²) in [5.74, 6) is -0.439. The van der Waals surface area contributed by atoms with Gasteiger partial charge in [-0.2, -0.15) is 13.2 Å². The minimum atomic E-state index is -4.51. The van der Waals surface area contributed by atoms with Crippen LogP contribution in [0.15, 0.2) is 18.2 Å². The number of benzene rings is 1. The van der Waals surface area contributed by atoms with Gasteiger partial charge in [0.05, 0.1) is 11.7 Å². The van der Waals surface area contributed by atoms with E-state index in [1.807, 2.05) is 0 Å². The minimum Gasteiger partial charge on any atom is -0.508 e. The molecule has 2 N–H and O–H groups in total. The van der Waals surface area contributed by atoms with Crippen molar-refractivity contribution >= 4 is 0 Å². The molecule has 84 valence electrons. The van der Waals surface area contributed by atoms with Gasteiger partial charge in [-0.15, -0.1) is 0 Å². The molecule has 1 aromatic carbocycles. The first-order chi connectivity index (χ1) is 6.82. The fourth-order valence-corrected chi connectivity index (χ4v) is 1.35. The van der Waals surface area contributed by atoms with Crippen molar-refractivity contribution in [1.82, 2.24) is 0 Å². The lowest BCUT2D eigenvalue weighted by atomic mass is 10.0. The van der Waals surface area contributed by atoms with Gasteiger partial charge >= 0.3 is 6.18 Å². The third kappa shape index (κ3) is 2.86. The molecular formula is C10H11F3O2. The second-order valence-corrected chi connectivity index (χ2v) is 3.35. The zero-order valence-electron chi connectivity index (χ0n) is 8.04. The second kappa shape index (κ2) is 4.10. The molecule has 0 aromatic heterocycles. The summed E-state index contributed by atoms with van der Waals surface area (Å²) >= 11 is 0. The first-order valence-electron chi connectivity index (χ1n) is 4.38. The summed E-state index contributed by atoms with van der Waals surface area (Å²) in [5, 5.41) is 18.3. The summed E-state index contributed by atoms with van der Waals surface area (Å²) in [5.41, 5.74) is -1.16. The van der Waals surface area contributed by atoms with Crippen LogP contribution in [0.1, 0.15) is 18.1 Å². The van der Waals surface area contributed by atoms with E-state index < -0.39 is 23.6 Å². The molecule has 0 amide bonds. The molecule has 0 aliphatic carbocycles. The Morgan fingerprint density at radius 1 is 1.33 bits per heavy atom. The van der Waals surface area contributed by atoms with Crippen LogP contribution >= 0.6 is 0 Å². The van der Waals surface area contributed by atoms with E-state index in [9.17, 15) is 18.3 Å². The lowest BCUT2D eigenvalue weighted by Crippen LogP contribution is -2.13. The van der Waals surface area contributed by atoms with Crippen molar-refractivity contribution < 1.29 is 23.4 Å². The number of rotatable bonds is 2. The SMILES string of the molecule is CC(O)Cc1c(O)cccc1C(F)(F)F. The predicted molar refractivity (Wildman–Crippen MR) is 48.5 cm³/mol. The summed E-state index contributed by atoms with van der Waals surface area (Å²) in [7, 11) is 0. The highest BCUT2D eigenvalue weighted by molar-refractivity contribution is 5.41. The number of phenols is 1. The summed E-state index contributed by atoms with van der Waals surface area (Å²) in [6, 6.07) is 3.19. The molecule has 1 atom stereocenters. The maximum absolute atomic E-state index is 12.5. The topological polar surface area (TPSA) is 40.5 Å². The largest absolute Gasteiger partial charge is 0.508 e. The molecule has 1 aromatic rings. The molecular weight excluding hydrogens is 209 g/mol. The van der Waals surface area contributed by atoms with Crippen LogP contribution in [0.2, 0.25) is 0 Å². The Hall–Kier alpha value is -1.23. The van der Waals surface area contributed by atoms with E-state index in [1.165, 1.54) is 13.0 Å². The predicted octanol–water partition coefficient (Wildman–Crippen LogP) is 2.33. The monoisotopic (exact) mass is 220 g/mol. The third-order valence-corrected chi connectivity index (χ3v) is 1.96. The van der Waals surface area contributed by atoms with Gasteiger partial charge in [-0.25, -0.2) is 0 Å². The molecule has 0 fully saturated rings. The van der Waals surface area contributed by atoms with Crippen LogP contribution in [0, 0.1) is 0 Å². The fraction of sp³-hybridized carbons (Fsp3) is 0.400. The van der Waals surface area contributed by atoms with E-state index in [-0.39, 0.29) is 12.0 Å². The average Bonchev–Trinajstić information content (AvgIpc) is 2.05. The van der Waals surface area contributed by atoms with Gasteiger partial charge in [0.25, 0.3) is 0 Å². The Morgan fingerprint density at radius 2 is 1.93 bits per heavy atom. The molecule has 0 radical (unpaired) electrons. The Bertz CT molecular complexity index is 345. The van der Waals surface area contributed by atoms with E-state index in [0.29, 0.717) is 0 Å². The molecule has 15 heavy (non-hydrogen) atoms. The van der Waals surface area contributed by atoms with Crippen molar-refractivity contribution in [2.45, 2.75) is 25.6 Å². The molecule has 1 rings (SSSR count). The maximum atomic E-state index is 12.5. The first kappa shape index (κ1) is 11.8. The van der Waals surface area contributed by atoms with Crippen molar-refractivity contribution in [2.75, 3.05) is 0 Å². The third-order valence-electron chi connectivity index (χ3n) is 1.96. The standard InChI is InChI=1S/C10H11F3O2/c1-6(14)5-7-8(10(11,12)13)3-2-4-9(7)15/h2-4,6,14-15H,5H2,1H3. The number of phenolic OH excluding ortho intramolecular Hbond substituents is 1. The van der Waals surface area contributed by atoms with Gasteiger partial charge in [-0.3, -0.25) is 0 Å². The lowest BCUT2D eigenvalue weighted by Gasteiger charge is -2.15. The number of aliphatic hydroxyl groups is 1. The van der Waals surface area contributed by atoms with Gasteiger partial charge in [0.15, 0.2) is 0 Å². The van der Waals surface area contributed by atoms with Gasteiger partial charge < -0.3 is 10.2 Å². The zero-order chi connectivity index (χ0) is 11.6. The van der Waals surface area contributed by atoms with Crippen molar-refractivity contribution in [2.24, 2.45) is 0 Å². The van der Waals surface area contributed by atoms with Crippen molar-refractivity contribution in [3.8, 4) is 5.75 Å². The lowest BCUT2D eigenvalue weighted by molar-refractivity contribution is -0.138. The van der Waals surface area contributed by atoms with Crippen LogP contribution in [0.4, 0.5) is 13.2 Å². The number of aliphatic hydroxyl groups excluding tert-OH is 1. The molecule has 1 unspecified atom stereocenters. The van der Waals surface area contributed by atoms with Crippen LogP contribution in [0.5, 0.6) is 5.75 Å². The van der Waals surface area contributed by atoms with Crippen molar-refractivity contribution in [3.05, 3.63) is 29.3 Å². The molecule has 0 spiro atoms. The molecule has 0 saturated carbocycles. The normalized spacial score (nSPS) is 13.9. The Labute approximate surface area is 85.0 Å². The van der Waals surface area contributed by atoms with Crippen molar-refractivity contribution in [3.63, 3.8) is 0 Å². The highest BCUT2D eigenvalue weighted by Crippen LogP contribution is 2.36.